The predicted octanol–water partition coefficient (Wildman–Crippen LogP) is 1.85. The molecule has 110 valence electrons. The van der Waals surface area contributed by atoms with Crippen LogP contribution in [0, 0.1) is 5.41 Å². The molecular formula is C15H21NO4. The number of benzene rings is 1. The Bertz CT molecular complexity index is 483. The van der Waals surface area contributed by atoms with E-state index in [0.29, 0.717) is 12.8 Å². The minimum absolute atomic E-state index is 0.124. The molecule has 0 fully saturated rings. The molecule has 1 amide bonds. The maximum Gasteiger partial charge on any atom is 0.310 e. The van der Waals surface area contributed by atoms with Crippen LogP contribution in [0.2, 0.25) is 0 Å². The average molecular weight is 279 g/mol. The van der Waals surface area contributed by atoms with Crippen LogP contribution in [-0.4, -0.2) is 30.6 Å². The Morgan fingerprint density at radius 2 is 2.05 bits per heavy atom. The van der Waals surface area contributed by atoms with Gasteiger partial charge in [-0.2, -0.15) is 0 Å². The highest BCUT2D eigenvalue weighted by molar-refractivity contribution is 5.78. The van der Waals surface area contributed by atoms with Crippen LogP contribution in [0.25, 0.3) is 0 Å². The Kier molecular flexibility index (Phi) is 5.55. The molecule has 20 heavy (non-hydrogen) atoms. The topological polar surface area (TPSA) is 75.6 Å². The van der Waals surface area contributed by atoms with Crippen molar-refractivity contribution in [1.82, 2.24) is 5.32 Å². The zero-order valence-electron chi connectivity index (χ0n) is 12.1. The number of methoxy groups -OCH3 is 1. The molecule has 0 aliphatic rings. The van der Waals surface area contributed by atoms with E-state index >= 15 is 0 Å². The number of ether oxygens (including phenoxy) is 1. The van der Waals surface area contributed by atoms with Crippen LogP contribution in [0.15, 0.2) is 24.3 Å². The average Bonchev–Trinajstić information content (AvgIpc) is 2.43. The van der Waals surface area contributed by atoms with Crippen molar-refractivity contribution in [3.63, 3.8) is 0 Å². The Hall–Kier alpha value is -2.04. The lowest BCUT2D eigenvalue weighted by molar-refractivity contribution is -0.146. The molecule has 0 spiro atoms. The van der Waals surface area contributed by atoms with Crippen LogP contribution in [-0.2, 0) is 16.0 Å². The zero-order valence-corrected chi connectivity index (χ0v) is 12.1. The first-order valence-electron chi connectivity index (χ1n) is 6.48. The van der Waals surface area contributed by atoms with Gasteiger partial charge in [-0.25, -0.2) is 0 Å². The van der Waals surface area contributed by atoms with E-state index < -0.39 is 11.4 Å². The van der Waals surface area contributed by atoms with Gasteiger partial charge in [-0.1, -0.05) is 12.1 Å². The van der Waals surface area contributed by atoms with Crippen molar-refractivity contribution in [3.05, 3.63) is 29.8 Å². The number of hydrogen-bond acceptors (Lipinski definition) is 3. The monoisotopic (exact) mass is 279 g/mol. The van der Waals surface area contributed by atoms with Gasteiger partial charge in [-0.05, 0) is 38.0 Å². The lowest BCUT2D eigenvalue weighted by Crippen LogP contribution is -2.38. The maximum atomic E-state index is 11.7. The molecule has 1 aromatic carbocycles. The van der Waals surface area contributed by atoms with E-state index in [-0.39, 0.29) is 12.5 Å². The summed E-state index contributed by atoms with van der Waals surface area (Å²) in [6.07, 6.45) is 0.916. The van der Waals surface area contributed by atoms with Crippen LogP contribution in [0.4, 0.5) is 0 Å². The fourth-order valence-corrected chi connectivity index (χ4v) is 1.57. The Morgan fingerprint density at radius 1 is 1.35 bits per heavy atom. The van der Waals surface area contributed by atoms with Gasteiger partial charge < -0.3 is 15.2 Å². The Labute approximate surface area is 118 Å². The first-order valence-corrected chi connectivity index (χ1v) is 6.48. The molecule has 1 rings (SSSR count). The molecule has 0 aliphatic carbocycles. The van der Waals surface area contributed by atoms with Gasteiger partial charge in [0.2, 0.25) is 5.91 Å². The lowest BCUT2D eigenvalue weighted by atomic mass is 9.94. The van der Waals surface area contributed by atoms with Crippen molar-refractivity contribution in [2.75, 3.05) is 13.7 Å². The van der Waals surface area contributed by atoms with Gasteiger partial charge >= 0.3 is 5.97 Å². The number of carboxylic acids is 1. The van der Waals surface area contributed by atoms with Gasteiger partial charge in [-0.3, -0.25) is 9.59 Å². The lowest BCUT2D eigenvalue weighted by Gasteiger charge is -2.19. The second-order valence-corrected chi connectivity index (χ2v) is 5.32. The Balaban J connectivity index is 2.42. The number of aliphatic carboxylic acids is 1. The molecule has 0 aliphatic heterocycles. The number of carbonyl (C=O) groups excluding carboxylic acids is 1. The van der Waals surface area contributed by atoms with Gasteiger partial charge in [0.1, 0.15) is 5.75 Å². The van der Waals surface area contributed by atoms with E-state index in [1.807, 2.05) is 24.3 Å². The number of carboxylic acid groups (broad SMARTS) is 1. The SMILES string of the molecule is COc1cccc(CCC(=O)NCC(C)(C)C(=O)O)c1. The molecule has 0 aromatic heterocycles. The molecule has 5 nitrogen and oxygen atoms in total. The molecule has 0 saturated heterocycles. The smallest absolute Gasteiger partial charge is 0.310 e. The Morgan fingerprint density at radius 3 is 2.65 bits per heavy atom. The van der Waals surface area contributed by atoms with Crippen LogP contribution < -0.4 is 10.1 Å². The minimum Gasteiger partial charge on any atom is -0.497 e. The fourth-order valence-electron chi connectivity index (χ4n) is 1.57. The highest BCUT2D eigenvalue weighted by Gasteiger charge is 2.27. The van der Waals surface area contributed by atoms with Crippen molar-refractivity contribution >= 4 is 11.9 Å². The van der Waals surface area contributed by atoms with Crippen molar-refractivity contribution < 1.29 is 19.4 Å². The number of nitrogens with one attached hydrogen (secondary N) is 1. The van der Waals surface area contributed by atoms with E-state index in [2.05, 4.69) is 5.32 Å². The molecule has 0 atom stereocenters. The number of aryl methyl sites for hydroxylation is 1. The first kappa shape index (κ1) is 16.0. The summed E-state index contributed by atoms with van der Waals surface area (Å²) in [5, 5.41) is 11.6. The van der Waals surface area contributed by atoms with Crippen LogP contribution >= 0.6 is 0 Å². The van der Waals surface area contributed by atoms with Crippen molar-refractivity contribution in [2.45, 2.75) is 26.7 Å². The largest absolute Gasteiger partial charge is 0.497 e. The third-order valence-corrected chi connectivity index (χ3v) is 3.08. The molecule has 0 bridgehead atoms. The summed E-state index contributed by atoms with van der Waals surface area (Å²) in [5.41, 5.74) is 0.0584. The predicted molar refractivity (Wildman–Crippen MR) is 75.7 cm³/mol. The second kappa shape index (κ2) is 6.93. The number of carbonyl (C=O) groups is 2. The van der Waals surface area contributed by atoms with Crippen LogP contribution in [0.5, 0.6) is 5.75 Å². The highest BCUT2D eigenvalue weighted by atomic mass is 16.5. The van der Waals surface area contributed by atoms with Crippen LogP contribution in [0.3, 0.4) is 0 Å². The van der Waals surface area contributed by atoms with Crippen molar-refractivity contribution in [3.8, 4) is 5.75 Å². The normalized spacial score (nSPS) is 10.9. The molecule has 5 heteroatoms. The molecule has 0 heterocycles. The fraction of sp³-hybridized carbons (Fsp3) is 0.467. The molecule has 0 radical (unpaired) electrons. The highest BCUT2D eigenvalue weighted by Crippen LogP contribution is 2.15. The molecule has 0 saturated carbocycles. The zero-order chi connectivity index (χ0) is 15.2. The third-order valence-electron chi connectivity index (χ3n) is 3.08. The van der Waals surface area contributed by atoms with Gasteiger partial charge in [-0.15, -0.1) is 0 Å². The van der Waals surface area contributed by atoms with Crippen molar-refractivity contribution in [2.24, 2.45) is 5.41 Å². The van der Waals surface area contributed by atoms with Gasteiger partial charge in [0.25, 0.3) is 0 Å². The first-order chi connectivity index (χ1) is 9.35. The van der Waals surface area contributed by atoms with Gasteiger partial charge in [0, 0.05) is 13.0 Å². The van der Waals surface area contributed by atoms with Crippen LogP contribution in [0.1, 0.15) is 25.8 Å². The second-order valence-electron chi connectivity index (χ2n) is 5.32. The molecule has 1 aromatic rings. The summed E-state index contributed by atoms with van der Waals surface area (Å²) in [6.45, 7) is 3.29. The summed E-state index contributed by atoms with van der Waals surface area (Å²) >= 11 is 0. The molecule has 0 unspecified atom stereocenters. The quantitative estimate of drug-likeness (QED) is 0.798. The summed E-state index contributed by atoms with van der Waals surface area (Å²) in [7, 11) is 1.60. The third kappa shape index (κ3) is 4.91. The maximum absolute atomic E-state index is 11.7. The number of hydrogen-bond donors (Lipinski definition) is 2. The standard InChI is InChI=1S/C15H21NO4/c1-15(2,14(18)19)10-16-13(17)8-7-11-5-4-6-12(9-11)20-3/h4-6,9H,7-8,10H2,1-3H3,(H,16,17)(H,18,19). The van der Waals surface area contributed by atoms with E-state index in [0.717, 1.165) is 11.3 Å². The molecule has 2 N–H and O–H groups in total. The van der Waals surface area contributed by atoms with E-state index in [1.54, 1.807) is 21.0 Å². The van der Waals surface area contributed by atoms with E-state index in [1.165, 1.54) is 0 Å². The summed E-state index contributed by atoms with van der Waals surface area (Å²) in [4.78, 5) is 22.6. The molecular weight excluding hydrogens is 258 g/mol. The van der Waals surface area contributed by atoms with Gasteiger partial charge in [0.05, 0.1) is 12.5 Å². The van der Waals surface area contributed by atoms with Crippen molar-refractivity contribution in [1.29, 1.82) is 0 Å². The summed E-state index contributed by atoms with van der Waals surface area (Å²) < 4.78 is 5.11. The summed E-state index contributed by atoms with van der Waals surface area (Å²) in [6, 6.07) is 7.53. The van der Waals surface area contributed by atoms with Gasteiger partial charge in [0.15, 0.2) is 0 Å². The van der Waals surface area contributed by atoms with E-state index in [9.17, 15) is 9.59 Å². The van der Waals surface area contributed by atoms with E-state index in [4.69, 9.17) is 9.84 Å². The minimum atomic E-state index is -0.953. The number of rotatable bonds is 7. The summed E-state index contributed by atoms with van der Waals surface area (Å²) in [5.74, 6) is -0.317. The number of amides is 1.